The van der Waals surface area contributed by atoms with E-state index in [9.17, 15) is 9.18 Å². The van der Waals surface area contributed by atoms with E-state index in [0.29, 0.717) is 24.6 Å². The highest BCUT2D eigenvalue weighted by atomic mass is 19.1. The topological polar surface area (TPSA) is 72.3 Å². The Balaban J connectivity index is 1.85. The lowest BCUT2D eigenvalue weighted by atomic mass is 10.3. The molecule has 0 spiro atoms. The van der Waals surface area contributed by atoms with Crippen molar-refractivity contribution in [3.8, 4) is 5.75 Å². The number of benzene rings is 1. The van der Waals surface area contributed by atoms with Gasteiger partial charge in [0.2, 0.25) is 0 Å². The quantitative estimate of drug-likeness (QED) is 0.891. The van der Waals surface area contributed by atoms with Crippen LogP contribution in [0.2, 0.25) is 0 Å². The third kappa shape index (κ3) is 3.74. The zero-order valence-electron chi connectivity index (χ0n) is 9.91. The summed E-state index contributed by atoms with van der Waals surface area (Å²) in [6, 6.07) is 5.69. The molecule has 1 aromatic carbocycles. The highest BCUT2D eigenvalue weighted by Gasteiger charge is 2.04. The first-order chi connectivity index (χ1) is 9.15. The van der Waals surface area contributed by atoms with Crippen LogP contribution >= 0.6 is 0 Å². The Bertz CT molecular complexity index is 555. The van der Waals surface area contributed by atoms with Crippen LogP contribution in [0.15, 0.2) is 36.7 Å². The third-order valence-electron chi connectivity index (χ3n) is 2.36. The average Bonchev–Trinajstić information content (AvgIpc) is 2.41. The predicted molar refractivity (Wildman–Crippen MR) is 64.6 cm³/mol. The van der Waals surface area contributed by atoms with Crippen LogP contribution in [0, 0.1) is 5.82 Å². The molecule has 0 unspecified atom stereocenters. The maximum Gasteiger partial charge on any atom is 0.338 e. The third-order valence-corrected chi connectivity index (χ3v) is 2.36. The van der Waals surface area contributed by atoms with Crippen LogP contribution in [0.5, 0.6) is 5.75 Å². The zero-order valence-corrected chi connectivity index (χ0v) is 9.91. The van der Waals surface area contributed by atoms with Gasteiger partial charge in [0.1, 0.15) is 17.4 Å². The molecule has 2 rings (SSSR count). The van der Waals surface area contributed by atoms with E-state index in [-0.39, 0.29) is 11.4 Å². The number of carbonyl (C=O) groups is 1. The van der Waals surface area contributed by atoms with Gasteiger partial charge in [0.15, 0.2) is 0 Å². The SMILES string of the molecule is O=C(O)c1cnc(CCOc2ccc(F)cc2)nc1. The second-order valence-corrected chi connectivity index (χ2v) is 3.75. The molecule has 6 heteroatoms. The molecule has 1 aromatic heterocycles. The molecule has 98 valence electrons. The van der Waals surface area contributed by atoms with Gasteiger partial charge >= 0.3 is 5.97 Å². The van der Waals surface area contributed by atoms with E-state index < -0.39 is 5.97 Å². The Morgan fingerprint density at radius 2 is 1.84 bits per heavy atom. The number of rotatable bonds is 5. The van der Waals surface area contributed by atoms with Gasteiger partial charge in [0, 0.05) is 18.8 Å². The van der Waals surface area contributed by atoms with Gasteiger partial charge < -0.3 is 9.84 Å². The van der Waals surface area contributed by atoms with E-state index in [1.807, 2.05) is 0 Å². The van der Waals surface area contributed by atoms with Crippen LogP contribution in [0.25, 0.3) is 0 Å². The molecule has 5 nitrogen and oxygen atoms in total. The minimum atomic E-state index is -1.06. The molecule has 1 N–H and O–H groups in total. The van der Waals surface area contributed by atoms with Crippen LogP contribution in [0.3, 0.4) is 0 Å². The number of ether oxygens (including phenoxy) is 1. The second kappa shape index (κ2) is 5.90. The van der Waals surface area contributed by atoms with Gasteiger partial charge in [-0.05, 0) is 24.3 Å². The maximum absolute atomic E-state index is 12.7. The van der Waals surface area contributed by atoms with Gasteiger partial charge in [-0.1, -0.05) is 0 Å². The van der Waals surface area contributed by atoms with Crippen molar-refractivity contribution in [2.45, 2.75) is 6.42 Å². The first-order valence-corrected chi connectivity index (χ1v) is 5.58. The molecule has 19 heavy (non-hydrogen) atoms. The predicted octanol–water partition coefficient (Wildman–Crippen LogP) is 1.94. The van der Waals surface area contributed by atoms with E-state index in [1.54, 1.807) is 0 Å². The smallest absolute Gasteiger partial charge is 0.338 e. The summed E-state index contributed by atoms with van der Waals surface area (Å²) in [7, 11) is 0. The van der Waals surface area contributed by atoms with Crippen molar-refractivity contribution in [3.63, 3.8) is 0 Å². The van der Waals surface area contributed by atoms with Crippen LogP contribution in [0.4, 0.5) is 4.39 Å². The molecule has 2 aromatic rings. The van der Waals surface area contributed by atoms with E-state index in [4.69, 9.17) is 9.84 Å². The molecule has 0 saturated carbocycles. The lowest BCUT2D eigenvalue weighted by Crippen LogP contribution is -2.06. The fourth-order valence-corrected chi connectivity index (χ4v) is 1.39. The number of hydrogen-bond donors (Lipinski definition) is 1. The summed E-state index contributed by atoms with van der Waals surface area (Å²) in [5, 5.41) is 8.69. The number of aromatic nitrogens is 2. The summed E-state index contributed by atoms with van der Waals surface area (Å²) in [6.45, 7) is 0.331. The van der Waals surface area contributed by atoms with Crippen molar-refractivity contribution in [1.29, 1.82) is 0 Å². The van der Waals surface area contributed by atoms with Crippen molar-refractivity contribution in [3.05, 3.63) is 53.9 Å². The van der Waals surface area contributed by atoms with Gasteiger partial charge in [0.25, 0.3) is 0 Å². The van der Waals surface area contributed by atoms with Gasteiger partial charge in [-0.15, -0.1) is 0 Å². The Morgan fingerprint density at radius 1 is 1.21 bits per heavy atom. The van der Waals surface area contributed by atoms with Gasteiger partial charge in [0.05, 0.1) is 12.2 Å². The molecule has 0 amide bonds. The van der Waals surface area contributed by atoms with E-state index >= 15 is 0 Å². The Hall–Kier alpha value is -2.50. The van der Waals surface area contributed by atoms with Gasteiger partial charge in [-0.2, -0.15) is 0 Å². The number of halogens is 1. The molecular formula is C13H11FN2O3. The van der Waals surface area contributed by atoms with Crippen LogP contribution in [-0.4, -0.2) is 27.7 Å². The Kier molecular flexibility index (Phi) is 4.02. The number of aromatic carboxylic acids is 1. The standard InChI is InChI=1S/C13H11FN2O3/c14-10-1-3-11(4-2-10)19-6-5-12-15-7-9(8-16-12)13(17)18/h1-4,7-8H,5-6H2,(H,17,18). The van der Waals surface area contributed by atoms with Crippen LogP contribution < -0.4 is 4.74 Å². The van der Waals surface area contributed by atoms with Crippen molar-refractivity contribution in [2.24, 2.45) is 0 Å². The van der Waals surface area contributed by atoms with Gasteiger partial charge in [-0.25, -0.2) is 19.2 Å². The van der Waals surface area contributed by atoms with Crippen LogP contribution in [0.1, 0.15) is 16.2 Å². The van der Waals surface area contributed by atoms with Crippen molar-refractivity contribution in [1.82, 2.24) is 9.97 Å². The van der Waals surface area contributed by atoms with Crippen molar-refractivity contribution < 1.29 is 19.0 Å². The first kappa shape index (κ1) is 12.9. The Labute approximate surface area is 108 Å². The van der Waals surface area contributed by atoms with Crippen molar-refractivity contribution in [2.75, 3.05) is 6.61 Å². The summed E-state index contributed by atoms with van der Waals surface area (Å²) in [5.41, 5.74) is 0.0446. The highest BCUT2D eigenvalue weighted by molar-refractivity contribution is 5.86. The molecule has 0 bridgehead atoms. The lowest BCUT2D eigenvalue weighted by Gasteiger charge is -2.05. The maximum atomic E-state index is 12.7. The minimum absolute atomic E-state index is 0.0446. The first-order valence-electron chi connectivity index (χ1n) is 5.58. The molecule has 0 aliphatic carbocycles. The number of carboxylic acids is 1. The normalized spacial score (nSPS) is 10.2. The summed E-state index contributed by atoms with van der Waals surface area (Å²) in [5.74, 6) is -0.329. The van der Waals surface area contributed by atoms with Crippen LogP contribution in [-0.2, 0) is 6.42 Å². The molecule has 0 aliphatic heterocycles. The molecular weight excluding hydrogens is 251 g/mol. The summed E-state index contributed by atoms with van der Waals surface area (Å²) >= 11 is 0. The minimum Gasteiger partial charge on any atom is -0.493 e. The second-order valence-electron chi connectivity index (χ2n) is 3.75. The molecule has 0 saturated heterocycles. The van der Waals surface area contributed by atoms with E-state index in [1.165, 1.54) is 36.7 Å². The number of carboxylic acid groups (broad SMARTS) is 1. The highest BCUT2D eigenvalue weighted by Crippen LogP contribution is 2.11. The average molecular weight is 262 g/mol. The molecule has 0 atom stereocenters. The number of hydrogen-bond acceptors (Lipinski definition) is 4. The molecule has 1 heterocycles. The summed E-state index contributed by atoms with van der Waals surface area (Å²) < 4.78 is 18.0. The molecule has 0 aliphatic rings. The number of nitrogens with zero attached hydrogens (tertiary/aromatic N) is 2. The van der Waals surface area contributed by atoms with E-state index in [2.05, 4.69) is 9.97 Å². The fourth-order valence-electron chi connectivity index (χ4n) is 1.39. The van der Waals surface area contributed by atoms with Gasteiger partial charge in [-0.3, -0.25) is 0 Å². The van der Waals surface area contributed by atoms with E-state index in [0.717, 1.165) is 0 Å². The monoisotopic (exact) mass is 262 g/mol. The Morgan fingerprint density at radius 3 is 2.42 bits per heavy atom. The lowest BCUT2D eigenvalue weighted by molar-refractivity contribution is 0.0696. The van der Waals surface area contributed by atoms with Crippen molar-refractivity contribution >= 4 is 5.97 Å². The largest absolute Gasteiger partial charge is 0.493 e. The molecule has 0 radical (unpaired) electrons. The fraction of sp³-hybridized carbons (Fsp3) is 0.154. The zero-order chi connectivity index (χ0) is 13.7. The molecule has 0 fully saturated rings. The summed E-state index contributed by atoms with van der Waals surface area (Å²) in [4.78, 5) is 18.4. The summed E-state index contributed by atoms with van der Waals surface area (Å²) in [6.07, 6.45) is 2.95.